The van der Waals surface area contributed by atoms with E-state index in [2.05, 4.69) is 29.7 Å². The SMILES string of the molecule is Cc1nnsc1-c1nc(N2CCCC(N)C2)n[nH]1. The van der Waals surface area contributed by atoms with Gasteiger partial charge in [-0.3, -0.25) is 5.10 Å². The van der Waals surface area contributed by atoms with Crippen LogP contribution in [-0.4, -0.2) is 43.9 Å². The molecule has 3 rings (SSSR count). The van der Waals surface area contributed by atoms with E-state index in [1.54, 1.807) is 0 Å². The van der Waals surface area contributed by atoms with Crippen LogP contribution < -0.4 is 10.6 Å². The lowest BCUT2D eigenvalue weighted by Crippen LogP contribution is -2.43. The lowest BCUT2D eigenvalue weighted by Gasteiger charge is -2.29. The highest BCUT2D eigenvalue weighted by Gasteiger charge is 2.21. The molecule has 18 heavy (non-hydrogen) atoms. The molecule has 0 aliphatic carbocycles. The van der Waals surface area contributed by atoms with Crippen LogP contribution in [0.1, 0.15) is 18.5 Å². The molecular formula is C10H15N7S. The molecule has 0 aromatic carbocycles. The maximum absolute atomic E-state index is 5.96. The molecule has 1 saturated heterocycles. The molecule has 0 radical (unpaired) electrons. The van der Waals surface area contributed by atoms with Crippen LogP contribution in [0.2, 0.25) is 0 Å². The second-order valence-corrected chi connectivity index (χ2v) is 5.27. The molecule has 0 bridgehead atoms. The maximum atomic E-state index is 5.96. The number of H-pyrrole nitrogens is 1. The maximum Gasteiger partial charge on any atom is 0.245 e. The van der Waals surface area contributed by atoms with Gasteiger partial charge >= 0.3 is 0 Å². The van der Waals surface area contributed by atoms with Gasteiger partial charge in [0, 0.05) is 19.1 Å². The van der Waals surface area contributed by atoms with E-state index in [-0.39, 0.29) is 6.04 Å². The third-order valence-corrected chi connectivity index (χ3v) is 3.92. The fourth-order valence-electron chi connectivity index (χ4n) is 2.14. The number of nitrogens with two attached hydrogens (primary N) is 1. The standard InChI is InChI=1S/C10H15N7S/c1-6-8(18-16-13-6)9-12-10(15-14-9)17-4-2-3-7(11)5-17/h7H,2-5,11H2,1H3,(H,12,14,15). The highest BCUT2D eigenvalue weighted by atomic mass is 32.1. The number of rotatable bonds is 2. The van der Waals surface area contributed by atoms with Crippen LogP contribution in [0.5, 0.6) is 0 Å². The summed E-state index contributed by atoms with van der Waals surface area (Å²) >= 11 is 1.33. The molecule has 3 heterocycles. The monoisotopic (exact) mass is 265 g/mol. The Hall–Kier alpha value is -1.54. The normalized spacial score (nSPS) is 20.3. The lowest BCUT2D eigenvalue weighted by atomic mass is 10.1. The first-order valence-corrected chi connectivity index (χ1v) is 6.73. The lowest BCUT2D eigenvalue weighted by molar-refractivity contribution is 0.500. The quantitative estimate of drug-likeness (QED) is 0.823. The molecule has 1 fully saturated rings. The van der Waals surface area contributed by atoms with Crippen LogP contribution in [0, 0.1) is 6.92 Å². The Bertz CT molecular complexity index is 534. The Labute approximate surface area is 109 Å². The molecule has 8 heteroatoms. The summed E-state index contributed by atoms with van der Waals surface area (Å²) in [6.45, 7) is 3.69. The molecule has 0 amide bonds. The van der Waals surface area contributed by atoms with Crippen LogP contribution in [-0.2, 0) is 0 Å². The second kappa shape index (κ2) is 4.62. The summed E-state index contributed by atoms with van der Waals surface area (Å²) in [4.78, 5) is 7.57. The Morgan fingerprint density at radius 3 is 3.11 bits per heavy atom. The number of piperidine rings is 1. The summed E-state index contributed by atoms with van der Waals surface area (Å²) in [5.74, 6) is 1.45. The van der Waals surface area contributed by atoms with Crippen LogP contribution in [0.3, 0.4) is 0 Å². The number of nitrogens with one attached hydrogen (secondary N) is 1. The van der Waals surface area contributed by atoms with Gasteiger partial charge in [-0.05, 0) is 31.3 Å². The van der Waals surface area contributed by atoms with Crippen molar-refractivity contribution in [2.45, 2.75) is 25.8 Å². The second-order valence-electron chi connectivity index (χ2n) is 4.52. The largest absolute Gasteiger partial charge is 0.338 e. The van der Waals surface area contributed by atoms with E-state index < -0.39 is 0 Å². The van der Waals surface area contributed by atoms with Crippen molar-refractivity contribution in [1.29, 1.82) is 0 Å². The number of hydrogen-bond donors (Lipinski definition) is 2. The smallest absolute Gasteiger partial charge is 0.245 e. The molecule has 3 N–H and O–H groups in total. The summed E-state index contributed by atoms with van der Waals surface area (Å²) in [6, 6.07) is 0.215. The van der Waals surface area contributed by atoms with E-state index in [4.69, 9.17) is 5.73 Å². The van der Waals surface area contributed by atoms with E-state index >= 15 is 0 Å². The van der Waals surface area contributed by atoms with Crippen LogP contribution >= 0.6 is 11.5 Å². The zero-order valence-electron chi connectivity index (χ0n) is 10.1. The number of aromatic amines is 1. The third kappa shape index (κ3) is 2.08. The highest BCUT2D eigenvalue weighted by molar-refractivity contribution is 7.09. The average Bonchev–Trinajstić information content (AvgIpc) is 2.97. The van der Waals surface area contributed by atoms with Crippen molar-refractivity contribution in [2.75, 3.05) is 18.0 Å². The average molecular weight is 265 g/mol. The first-order chi connectivity index (χ1) is 8.74. The molecular weight excluding hydrogens is 250 g/mol. The van der Waals surface area contributed by atoms with Gasteiger partial charge in [0.15, 0.2) is 5.82 Å². The van der Waals surface area contributed by atoms with E-state index in [9.17, 15) is 0 Å². The van der Waals surface area contributed by atoms with Gasteiger partial charge in [-0.1, -0.05) is 4.49 Å². The van der Waals surface area contributed by atoms with E-state index in [0.29, 0.717) is 5.95 Å². The van der Waals surface area contributed by atoms with Gasteiger partial charge in [0.25, 0.3) is 0 Å². The number of aryl methyl sites for hydroxylation is 1. The molecule has 0 saturated carbocycles. The number of anilines is 1. The Morgan fingerprint density at radius 1 is 1.50 bits per heavy atom. The summed E-state index contributed by atoms with van der Waals surface area (Å²) in [7, 11) is 0. The Kier molecular flexibility index (Phi) is 2.96. The zero-order chi connectivity index (χ0) is 12.5. The topological polar surface area (TPSA) is 96.6 Å². The first-order valence-electron chi connectivity index (χ1n) is 5.96. The highest BCUT2D eigenvalue weighted by Crippen LogP contribution is 2.24. The van der Waals surface area contributed by atoms with E-state index in [1.165, 1.54) is 11.5 Å². The molecule has 2 aromatic rings. The van der Waals surface area contributed by atoms with E-state index in [0.717, 1.165) is 42.3 Å². The van der Waals surface area contributed by atoms with Crippen molar-refractivity contribution in [3.63, 3.8) is 0 Å². The van der Waals surface area contributed by atoms with Crippen LogP contribution in [0.4, 0.5) is 5.95 Å². The summed E-state index contributed by atoms with van der Waals surface area (Å²) in [5.41, 5.74) is 6.84. The van der Waals surface area contributed by atoms with Crippen LogP contribution in [0.15, 0.2) is 0 Å². The summed E-state index contributed by atoms with van der Waals surface area (Å²) < 4.78 is 3.90. The summed E-state index contributed by atoms with van der Waals surface area (Å²) in [5, 5.41) is 11.2. The van der Waals surface area contributed by atoms with Gasteiger partial charge in [-0.2, -0.15) is 4.98 Å². The van der Waals surface area contributed by atoms with Crippen molar-refractivity contribution in [3.05, 3.63) is 5.69 Å². The predicted molar refractivity (Wildman–Crippen MR) is 69.4 cm³/mol. The molecule has 1 atom stereocenters. The van der Waals surface area contributed by atoms with E-state index in [1.807, 2.05) is 6.92 Å². The molecule has 1 aliphatic heterocycles. The van der Waals surface area contributed by atoms with Crippen molar-refractivity contribution in [3.8, 4) is 10.7 Å². The Morgan fingerprint density at radius 2 is 2.39 bits per heavy atom. The molecule has 1 aliphatic rings. The summed E-state index contributed by atoms with van der Waals surface area (Å²) in [6.07, 6.45) is 2.16. The van der Waals surface area contributed by atoms with Crippen molar-refractivity contribution >= 4 is 17.5 Å². The molecule has 0 spiro atoms. The van der Waals surface area contributed by atoms with Crippen molar-refractivity contribution in [2.24, 2.45) is 5.73 Å². The minimum Gasteiger partial charge on any atom is -0.338 e. The molecule has 1 unspecified atom stereocenters. The number of hydrogen-bond acceptors (Lipinski definition) is 7. The van der Waals surface area contributed by atoms with Gasteiger partial charge in [-0.15, -0.1) is 10.2 Å². The van der Waals surface area contributed by atoms with Gasteiger partial charge in [0.2, 0.25) is 5.95 Å². The van der Waals surface area contributed by atoms with Gasteiger partial charge in [0.1, 0.15) is 4.88 Å². The van der Waals surface area contributed by atoms with Crippen molar-refractivity contribution in [1.82, 2.24) is 24.8 Å². The first kappa shape index (κ1) is 11.5. The molecule has 96 valence electrons. The Balaban J connectivity index is 1.83. The molecule has 7 nitrogen and oxygen atoms in total. The zero-order valence-corrected chi connectivity index (χ0v) is 10.9. The van der Waals surface area contributed by atoms with Crippen molar-refractivity contribution < 1.29 is 0 Å². The predicted octanol–water partition coefficient (Wildman–Crippen LogP) is 0.559. The minimum atomic E-state index is 0.215. The van der Waals surface area contributed by atoms with Crippen LogP contribution in [0.25, 0.3) is 10.7 Å². The fraction of sp³-hybridized carbons (Fsp3) is 0.600. The number of nitrogens with zero attached hydrogens (tertiary/aromatic N) is 5. The van der Waals surface area contributed by atoms with Gasteiger partial charge in [0.05, 0.1) is 5.69 Å². The number of aromatic nitrogens is 5. The van der Waals surface area contributed by atoms with Gasteiger partial charge in [-0.25, -0.2) is 0 Å². The van der Waals surface area contributed by atoms with Gasteiger partial charge < -0.3 is 10.6 Å². The molecule has 2 aromatic heterocycles. The minimum absolute atomic E-state index is 0.215. The third-order valence-electron chi connectivity index (χ3n) is 3.08. The fourth-order valence-corrected chi connectivity index (χ4v) is 2.73.